The van der Waals surface area contributed by atoms with Crippen LogP contribution in [0.1, 0.15) is 15.9 Å². The van der Waals surface area contributed by atoms with E-state index < -0.39 is 11.9 Å². The molecule has 72 valence electrons. The van der Waals surface area contributed by atoms with Gasteiger partial charge in [-0.1, -0.05) is 12.1 Å². The number of benzene rings is 1. The summed E-state index contributed by atoms with van der Waals surface area (Å²) >= 11 is 0. The van der Waals surface area contributed by atoms with Crippen molar-refractivity contribution < 1.29 is 19.8 Å². The lowest BCUT2D eigenvalue weighted by Gasteiger charge is -1.94. The fraction of sp³-hybridized carbons (Fsp3) is 0. The van der Waals surface area contributed by atoms with Crippen LogP contribution in [0.5, 0.6) is 0 Å². The first kappa shape index (κ1) is 9.98. The number of aliphatic carboxylic acids is 1. The number of carbonyl (C=O) groups is 2. The Kier molecular flexibility index (Phi) is 3.01. The van der Waals surface area contributed by atoms with Crippen molar-refractivity contribution in [2.75, 3.05) is 0 Å². The molecule has 0 radical (unpaired) electrons. The topological polar surface area (TPSA) is 74.6 Å². The second-order valence-electron chi connectivity index (χ2n) is 2.60. The number of carboxylic acids is 2. The lowest BCUT2D eigenvalue weighted by Crippen LogP contribution is -1.94. The molecule has 0 saturated carbocycles. The predicted molar refractivity (Wildman–Crippen MR) is 50.1 cm³/mol. The van der Waals surface area contributed by atoms with Crippen LogP contribution in [0.15, 0.2) is 30.3 Å². The van der Waals surface area contributed by atoms with Gasteiger partial charge in [-0.05, 0) is 23.8 Å². The average molecular weight is 192 g/mol. The predicted octanol–water partition coefficient (Wildman–Crippen LogP) is 1.48. The minimum absolute atomic E-state index is 0.178. The first-order valence-corrected chi connectivity index (χ1v) is 3.84. The van der Waals surface area contributed by atoms with Crippen molar-refractivity contribution in [3.8, 4) is 0 Å². The van der Waals surface area contributed by atoms with Crippen molar-refractivity contribution in [2.45, 2.75) is 0 Å². The monoisotopic (exact) mass is 192 g/mol. The third-order valence-electron chi connectivity index (χ3n) is 1.58. The SMILES string of the molecule is O=C(O)C=Cc1ccc(C(=O)O)cc1. The Balaban J connectivity index is 2.83. The van der Waals surface area contributed by atoms with Crippen LogP contribution in [0.2, 0.25) is 0 Å². The van der Waals surface area contributed by atoms with Crippen LogP contribution in [0.4, 0.5) is 0 Å². The molecule has 14 heavy (non-hydrogen) atoms. The van der Waals surface area contributed by atoms with Gasteiger partial charge in [0, 0.05) is 6.08 Å². The van der Waals surface area contributed by atoms with Crippen LogP contribution in [0, 0.1) is 0 Å². The van der Waals surface area contributed by atoms with E-state index in [-0.39, 0.29) is 5.56 Å². The maximum absolute atomic E-state index is 10.5. The van der Waals surface area contributed by atoms with Gasteiger partial charge in [0.1, 0.15) is 0 Å². The molecule has 0 fully saturated rings. The molecule has 0 amide bonds. The lowest BCUT2D eigenvalue weighted by molar-refractivity contribution is -0.131. The molecule has 2 N–H and O–H groups in total. The van der Waals surface area contributed by atoms with E-state index in [1.807, 2.05) is 0 Å². The van der Waals surface area contributed by atoms with Gasteiger partial charge in [0.15, 0.2) is 0 Å². The Hall–Kier alpha value is -2.10. The molecule has 0 saturated heterocycles. The molecule has 0 aliphatic rings. The largest absolute Gasteiger partial charge is 0.478 e. The Morgan fingerprint density at radius 1 is 1.07 bits per heavy atom. The molecule has 1 rings (SSSR count). The highest BCUT2D eigenvalue weighted by Crippen LogP contribution is 2.05. The molecule has 0 spiro atoms. The first-order chi connectivity index (χ1) is 6.59. The maximum atomic E-state index is 10.5. The van der Waals surface area contributed by atoms with Crippen molar-refractivity contribution in [1.82, 2.24) is 0 Å². The molecule has 4 heteroatoms. The van der Waals surface area contributed by atoms with Crippen molar-refractivity contribution >= 4 is 18.0 Å². The van der Waals surface area contributed by atoms with E-state index in [1.165, 1.54) is 18.2 Å². The molecule has 4 nitrogen and oxygen atoms in total. The normalized spacial score (nSPS) is 10.3. The van der Waals surface area contributed by atoms with E-state index in [1.54, 1.807) is 12.1 Å². The summed E-state index contributed by atoms with van der Waals surface area (Å²) in [6.45, 7) is 0. The van der Waals surface area contributed by atoms with E-state index in [0.29, 0.717) is 5.56 Å². The maximum Gasteiger partial charge on any atom is 0.335 e. The molecular formula is C10H8O4. The van der Waals surface area contributed by atoms with E-state index in [0.717, 1.165) is 6.08 Å². The van der Waals surface area contributed by atoms with Crippen LogP contribution < -0.4 is 0 Å². The summed E-state index contributed by atoms with van der Waals surface area (Å²) in [6.07, 6.45) is 2.39. The first-order valence-electron chi connectivity index (χ1n) is 3.84. The zero-order valence-corrected chi connectivity index (χ0v) is 7.18. The fourth-order valence-electron chi connectivity index (χ4n) is 0.904. The Labute approximate surface area is 80.1 Å². The van der Waals surface area contributed by atoms with Crippen LogP contribution in [0.25, 0.3) is 6.08 Å². The average Bonchev–Trinajstić information content (AvgIpc) is 2.15. The van der Waals surface area contributed by atoms with E-state index >= 15 is 0 Å². The van der Waals surface area contributed by atoms with Gasteiger partial charge in [-0.2, -0.15) is 0 Å². The third kappa shape index (κ3) is 2.75. The minimum atomic E-state index is -1.03. The zero-order valence-electron chi connectivity index (χ0n) is 7.18. The van der Waals surface area contributed by atoms with Gasteiger partial charge in [0.05, 0.1) is 5.56 Å². The highest BCUT2D eigenvalue weighted by molar-refractivity contribution is 5.88. The summed E-state index contributed by atoms with van der Waals surface area (Å²) < 4.78 is 0. The standard InChI is InChI=1S/C10H8O4/c11-9(12)6-3-7-1-4-8(5-2-7)10(13)14/h1-6H,(H,11,12)(H,13,14). The van der Waals surface area contributed by atoms with Gasteiger partial charge in [0.2, 0.25) is 0 Å². The molecule has 0 bridgehead atoms. The highest BCUT2D eigenvalue weighted by atomic mass is 16.4. The molecule has 0 aliphatic heterocycles. The molecule has 0 aromatic heterocycles. The molecule has 0 unspecified atom stereocenters. The second kappa shape index (κ2) is 4.23. The van der Waals surface area contributed by atoms with Gasteiger partial charge < -0.3 is 10.2 Å². The van der Waals surface area contributed by atoms with Gasteiger partial charge in [0.25, 0.3) is 0 Å². The Bertz CT molecular complexity index is 376. The van der Waals surface area contributed by atoms with Crippen molar-refractivity contribution in [3.63, 3.8) is 0 Å². The smallest absolute Gasteiger partial charge is 0.335 e. The number of carboxylic acid groups (broad SMARTS) is 2. The Morgan fingerprint density at radius 2 is 1.64 bits per heavy atom. The minimum Gasteiger partial charge on any atom is -0.478 e. The summed E-state index contributed by atoms with van der Waals surface area (Å²) in [6, 6.07) is 5.93. The molecular weight excluding hydrogens is 184 g/mol. The quantitative estimate of drug-likeness (QED) is 0.711. The second-order valence-corrected chi connectivity index (χ2v) is 2.60. The van der Waals surface area contributed by atoms with Crippen molar-refractivity contribution in [3.05, 3.63) is 41.5 Å². The van der Waals surface area contributed by atoms with Gasteiger partial charge in [-0.3, -0.25) is 0 Å². The summed E-state index contributed by atoms with van der Waals surface area (Å²) in [4.78, 5) is 20.6. The van der Waals surface area contributed by atoms with Crippen LogP contribution in [0.3, 0.4) is 0 Å². The van der Waals surface area contributed by atoms with E-state index in [9.17, 15) is 9.59 Å². The molecule has 1 aromatic carbocycles. The third-order valence-corrected chi connectivity index (χ3v) is 1.58. The van der Waals surface area contributed by atoms with Crippen molar-refractivity contribution in [1.29, 1.82) is 0 Å². The van der Waals surface area contributed by atoms with Crippen LogP contribution in [-0.2, 0) is 4.79 Å². The lowest BCUT2D eigenvalue weighted by atomic mass is 10.1. The van der Waals surface area contributed by atoms with E-state index in [4.69, 9.17) is 10.2 Å². The van der Waals surface area contributed by atoms with Gasteiger partial charge >= 0.3 is 11.9 Å². The molecule has 0 heterocycles. The Morgan fingerprint density at radius 3 is 2.07 bits per heavy atom. The zero-order chi connectivity index (χ0) is 10.6. The van der Waals surface area contributed by atoms with E-state index in [2.05, 4.69) is 0 Å². The molecule has 0 atom stereocenters. The molecule has 0 aliphatic carbocycles. The highest BCUT2D eigenvalue weighted by Gasteiger charge is 1.99. The van der Waals surface area contributed by atoms with Gasteiger partial charge in [-0.25, -0.2) is 9.59 Å². The number of hydrogen-bond acceptors (Lipinski definition) is 2. The number of rotatable bonds is 3. The van der Waals surface area contributed by atoms with Crippen LogP contribution in [-0.4, -0.2) is 22.2 Å². The summed E-state index contributed by atoms with van der Waals surface area (Å²) in [5, 5.41) is 16.9. The summed E-state index contributed by atoms with van der Waals surface area (Å²) in [5.41, 5.74) is 0.829. The van der Waals surface area contributed by atoms with Crippen molar-refractivity contribution in [2.24, 2.45) is 0 Å². The summed E-state index contributed by atoms with van der Waals surface area (Å²) in [7, 11) is 0. The number of aromatic carboxylic acids is 1. The van der Waals surface area contributed by atoms with Crippen LogP contribution >= 0.6 is 0 Å². The summed E-state index contributed by atoms with van der Waals surface area (Å²) in [5.74, 6) is -2.04. The molecule has 1 aromatic rings. The number of hydrogen-bond donors (Lipinski definition) is 2. The fourth-order valence-corrected chi connectivity index (χ4v) is 0.904. The van der Waals surface area contributed by atoms with Gasteiger partial charge in [-0.15, -0.1) is 0 Å².